The molecule has 0 amide bonds. The van der Waals surface area contributed by atoms with Crippen LogP contribution in [0, 0.1) is 6.92 Å². The van der Waals surface area contributed by atoms with Crippen molar-refractivity contribution in [2.24, 2.45) is 0 Å². The summed E-state index contributed by atoms with van der Waals surface area (Å²) in [7, 11) is 3.25. The molecule has 1 aliphatic heterocycles. The summed E-state index contributed by atoms with van der Waals surface area (Å²) in [6, 6.07) is 11.6. The topological polar surface area (TPSA) is 51.7 Å². The number of pyridine rings is 1. The van der Waals surface area contributed by atoms with Crippen LogP contribution >= 0.6 is 0 Å². The molecule has 2 heterocycles. The van der Waals surface area contributed by atoms with Crippen LogP contribution in [0.2, 0.25) is 0 Å². The van der Waals surface area contributed by atoms with Crippen LogP contribution in [0.25, 0.3) is 10.9 Å². The van der Waals surface area contributed by atoms with E-state index in [4.69, 9.17) is 9.47 Å². The van der Waals surface area contributed by atoms with Crippen molar-refractivity contribution < 1.29 is 14.3 Å². The zero-order chi connectivity index (χ0) is 21.1. The number of carbonyl (C=O) groups is 1. The second-order valence-electron chi connectivity index (χ2n) is 7.84. The third-order valence-electron chi connectivity index (χ3n) is 5.83. The monoisotopic (exact) mass is 404 g/mol. The molecule has 156 valence electrons. The summed E-state index contributed by atoms with van der Waals surface area (Å²) in [5, 5.41) is 0.924. The van der Waals surface area contributed by atoms with Gasteiger partial charge in [0, 0.05) is 36.3 Å². The highest BCUT2D eigenvalue weighted by Gasteiger charge is 2.23. The van der Waals surface area contributed by atoms with Crippen molar-refractivity contribution in [2.75, 3.05) is 32.2 Å². The maximum Gasteiger partial charge on any atom is 0.196 e. The van der Waals surface area contributed by atoms with Crippen molar-refractivity contribution in [1.29, 1.82) is 0 Å². The summed E-state index contributed by atoms with van der Waals surface area (Å²) in [6.45, 7) is 3.89. The Morgan fingerprint density at radius 1 is 0.933 bits per heavy atom. The number of anilines is 1. The van der Waals surface area contributed by atoms with Crippen molar-refractivity contribution in [1.82, 2.24) is 4.98 Å². The van der Waals surface area contributed by atoms with Gasteiger partial charge in [0.1, 0.15) is 0 Å². The van der Waals surface area contributed by atoms with E-state index in [1.54, 1.807) is 20.4 Å². The number of aromatic nitrogens is 1. The van der Waals surface area contributed by atoms with E-state index < -0.39 is 0 Å². The molecule has 2 aromatic carbocycles. The van der Waals surface area contributed by atoms with Crippen LogP contribution in [-0.4, -0.2) is 38.1 Å². The van der Waals surface area contributed by atoms with Gasteiger partial charge in [0.15, 0.2) is 17.3 Å². The molecule has 0 aliphatic carbocycles. The van der Waals surface area contributed by atoms with Crippen molar-refractivity contribution in [3.63, 3.8) is 0 Å². The first-order valence-corrected chi connectivity index (χ1v) is 10.5. The number of benzene rings is 2. The summed E-state index contributed by atoms with van der Waals surface area (Å²) in [6.07, 6.45) is 6.40. The molecular weight excluding hydrogens is 376 g/mol. The average molecular weight is 405 g/mol. The van der Waals surface area contributed by atoms with Gasteiger partial charge in [-0.05, 0) is 25.8 Å². The van der Waals surface area contributed by atoms with Crippen LogP contribution in [0.3, 0.4) is 0 Å². The molecule has 30 heavy (non-hydrogen) atoms. The second kappa shape index (κ2) is 8.74. The Morgan fingerprint density at radius 3 is 2.20 bits per heavy atom. The van der Waals surface area contributed by atoms with Gasteiger partial charge in [0.25, 0.3) is 0 Å². The lowest BCUT2D eigenvalue weighted by atomic mass is 9.98. The summed E-state index contributed by atoms with van der Waals surface area (Å²) < 4.78 is 11.0. The van der Waals surface area contributed by atoms with Crippen LogP contribution in [0.4, 0.5) is 5.69 Å². The van der Waals surface area contributed by atoms with E-state index in [2.05, 4.69) is 9.88 Å². The Labute approximate surface area is 177 Å². The molecular formula is C25H28N2O3. The van der Waals surface area contributed by atoms with Crippen molar-refractivity contribution in [2.45, 2.75) is 32.6 Å². The van der Waals surface area contributed by atoms with Gasteiger partial charge in [-0.15, -0.1) is 0 Å². The number of methoxy groups -OCH3 is 2. The Hall–Kier alpha value is -3.08. The second-order valence-corrected chi connectivity index (χ2v) is 7.84. The highest BCUT2D eigenvalue weighted by Crippen LogP contribution is 2.39. The minimum Gasteiger partial charge on any atom is -0.493 e. The van der Waals surface area contributed by atoms with E-state index in [0.29, 0.717) is 22.6 Å². The molecule has 0 atom stereocenters. The van der Waals surface area contributed by atoms with Gasteiger partial charge in [0.2, 0.25) is 0 Å². The first-order chi connectivity index (χ1) is 14.6. The van der Waals surface area contributed by atoms with Gasteiger partial charge in [0.05, 0.1) is 31.0 Å². The Balaban J connectivity index is 1.93. The van der Waals surface area contributed by atoms with Gasteiger partial charge in [-0.3, -0.25) is 9.78 Å². The fraction of sp³-hybridized carbons (Fsp3) is 0.360. The number of nitrogens with zero attached hydrogens (tertiary/aromatic N) is 2. The van der Waals surface area contributed by atoms with Gasteiger partial charge in [-0.2, -0.15) is 0 Å². The predicted octanol–water partition coefficient (Wildman–Crippen LogP) is 5.17. The molecule has 5 nitrogen and oxygen atoms in total. The molecule has 0 bridgehead atoms. The SMILES string of the molecule is COc1cc2ncc(C(=O)c3ccc(C)cc3)c(N3CCCCCC3)c2cc1OC. The van der Waals surface area contributed by atoms with E-state index in [1.165, 1.54) is 12.8 Å². The zero-order valence-electron chi connectivity index (χ0n) is 17.9. The van der Waals surface area contributed by atoms with Crippen LogP contribution < -0.4 is 14.4 Å². The summed E-state index contributed by atoms with van der Waals surface area (Å²) >= 11 is 0. The maximum atomic E-state index is 13.5. The number of aryl methyl sites for hydroxylation is 1. The standard InChI is InChI=1S/C25H28N2O3/c1-17-8-10-18(11-9-17)25(28)20-16-26-21-15-23(30-3)22(29-2)14-19(21)24(20)27-12-6-4-5-7-13-27/h8-11,14-16H,4-7,12-13H2,1-3H3. The van der Waals surface area contributed by atoms with Crippen LogP contribution in [0.1, 0.15) is 47.2 Å². The number of ether oxygens (including phenoxy) is 2. The number of rotatable bonds is 5. The lowest BCUT2D eigenvalue weighted by molar-refractivity contribution is 0.103. The Bertz CT molecular complexity index is 1050. The molecule has 4 rings (SSSR count). The summed E-state index contributed by atoms with van der Waals surface area (Å²) in [4.78, 5) is 20.5. The van der Waals surface area contributed by atoms with E-state index in [-0.39, 0.29) is 5.78 Å². The van der Waals surface area contributed by atoms with Gasteiger partial charge >= 0.3 is 0 Å². The van der Waals surface area contributed by atoms with Crippen molar-refractivity contribution in [3.8, 4) is 11.5 Å². The van der Waals surface area contributed by atoms with Crippen LogP contribution in [0.5, 0.6) is 11.5 Å². The first kappa shape index (κ1) is 20.2. The smallest absolute Gasteiger partial charge is 0.196 e. The number of hydrogen-bond acceptors (Lipinski definition) is 5. The highest BCUT2D eigenvalue weighted by molar-refractivity contribution is 6.16. The molecule has 0 unspecified atom stereocenters. The number of ketones is 1. The molecule has 3 aromatic rings. The molecule has 0 saturated carbocycles. The normalized spacial score (nSPS) is 14.4. The molecule has 1 aliphatic rings. The lowest BCUT2D eigenvalue weighted by Crippen LogP contribution is -2.26. The van der Waals surface area contributed by atoms with Crippen LogP contribution in [-0.2, 0) is 0 Å². The third kappa shape index (κ3) is 3.84. The maximum absolute atomic E-state index is 13.5. The average Bonchev–Trinajstić information content (AvgIpc) is 3.06. The fourth-order valence-corrected chi connectivity index (χ4v) is 4.17. The number of hydrogen-bond donors (Lipinski definition) is 0. The minimum absolute atomic E-state index is 0.00145. The lowest BCUT2D eigenvalue weighted by Gasteiger charge is -2.27. The molecule has 1 fully saturated rings. The molecule has 1 aromatic heterocycles. The third-order valence-corrected chi connectivity index (χ3v) is 5.83. The predicted molar refractivity (Wildman–Crippen MR) is 120 cm³/mol. The number of carbonyl (C=O) groups excluding carboxylic acids is 1. The number of fused-ring (bicyclic) bond motifs is 1. The summed E-state index contributed by atoms with van der Waals surface area (Å²) in [5.41, 5.74) is 4.20. The van der Waals surface area contributed by atoms with E-state index in [0.717, 1.165) is 48.1 Å². The van der Waals surface area contributed by atoms with E-state index in [1.807, 2.05) is 43.3 Å². The summed E-state index contributed by atoms with van der Waals surface area (Å²) in [5.74, 6) is 1.28. The van der Waals surface area contributed by atoms with E-state index in [9.17, 15) is 4.79 Å². The first-order valence-electron chi connectivity index (χ1n) is 10.5. The van der Waals surface area contributed by atoms with Gasteiger partial charge in [-0.1, -0.05) is 42.7 Å². The van der Waals surface area contributed by atoms with Gasteiger partial charge in [-0.25, -0.2) is 0 Å². The van der Waals surface area contributed by atoms with Crippen molar-refractivity contribution in [3.05, 3.63) is 59.3 Å². The quantitative estimate of drug-likeness (QED) is 0.549. The largest absolute Gasteiger partial charge is 0.493 e. The van der Waals surface area contributed by atoms with Crippen LogP contribution in [0.15, 0.2) is 42.6 Å². The Morgan fingerprint density at radius 2 is 1.57 bits per heavy atom. The molecule has 1 saturated heterocycles. The molecule has 0 N–H and O–H groups in total. The van der Waals surface area contributed by atoms with E-state index >= 15 is 0 Å². The molecule has 5 heteroatoms. The Kier molecular flexibility index (Phi) is 5.88. The highest BCUT2D eigenvalue weighted by atomic mass is 16.5. The molecule has 0 radical (unpaired) electrons. The minimum atomic E-state index is -0.00145. The molecule has 0 spiro atoms. The van der Waals surface area contributed by atoms with Gasteiger partial charge < -0.3 is 14.4 Å². The fourth-order valence-electron chi connectivity index (χ4n) is 4.17. The van der Waals surface area contributed by atoms with Crippen molar-refractivity contribution >= 4 is 22.4 Å². The zero-order valence-corrected chi connectivity index (χ0v) is 17.9.